The summed E-state index contributed by atoms with van der Waals surface area (Å²) >= 11 is 0. The molecule has 0 saturated heterocycles. The van der Waals surface area contributed by atoms with Crippen molar-refractivity contribution in [3.8, 4) is 11.5 Å². The second-order valence-electron chi connectivity index (χ2n) is 4.22. The molecule has 3 N–H and O–H groups in total. The van der Waals surface area contributed by atoms with Gasteiger partial charge in [0.2, 0.25) is 5.91 Å². The highest BCUT2D eigenvalue weighted by Crippen LogP contribution is 2.22. The molecule has 0 spiro atoms. The molecular weight excluding hydrogens is 240 g/mol. The molecule has 4 heteroatoms. The summed E-state index contributed by atoms with van der Waals surface area (Å²) in [5, 5.41) is 2.71. The molecule has 0 aliphatic rings. The third-order valence-electron chi connectivity index (χ3n) is 2.51. The Kier molecular flexibility index (Phi) is 4.15. The van der Waals surface area contributed by atoms with Crippen LogP contribution in [0.25, 0.3) is 0 Å². The van der Waals surface area contributed by atoms with E-state index in [1.54, 1.807) is 31.2 Å². The van der Waals surface area contributed by atoms with Crippen molar-refractivity contribution < 1.29 is 9.53 Å². The van der Waals surface area contributed by atoms with Crippen molar-refractivity contribution in [3.63, 3.8) is 0 Å². The minimum atomic E-state index is -0.528. The van der Waals surface area contributed by atoms with Crippen molar-refractivity contribution in [2.75, 3.05) is 5.32 Å². The Morgan fingerprint density at radius 1 is 1.05 bits per heavy atom. The fourth-order valence-corrected chi connectivity index (χ4v) is 1.49. The van der Waals surface area contributed by atoms with Gasteiger partial charge in [0.25, 0.3) is 0 Å². The average Bonchev–Trinajstić information content (AvgIpc) is 2.42. The molecule has 4 nitrogen and oxygen atoms in total. The summed E-state index contributed by atoms with van der Waals surface area (Å²) in [6.45, 7) is 1.64. The van der Waals surface area contributed by atoms with E-state index in [0.29, 0.717) is 11.4 Å². The van der Waals surface area contributed by atoms with Crippen molar-refractivity contribution >= 4 is 11.6 Å². The molecule has 98 valence electrons. The van der Waals surface area contributed by atoms with E-state index < -0.39 is 6.04 Å². The van der Waals surface area contributed by atoms with Gasteiger partial charge in [-0.3, -0.25) is 4.79 Å². The van der Waals surface area contributed by atoms with E-state index in [1.165, 1.54) is 0 Å². The summed E-state index contributed by atoms with van der Waals surface area (Å²) in [6, 6.07) is 16.1. The van der Waals surface area contributed by atoms with Crippen LogP contribution in [0.3, 0.4) is 0 Å². The highest BCUT2D eigenvalue weighted by atomic mass is 16.5. The van der Waals surface area contributed by atoms with Crippen molar-refractivity contribution in [2.24, 2.45) is 5.73 Å². The fourth-order valence-electron chi connectivity index (χ4n) is 1.49. The second-order valence-corrected chi connectivity index (χ2v) is 4.22. The van der Waals surface area contributed by atoms with Crippen molar-refractivity contribution in [1.29, 1.82) is 0 Å². The first-order chi connectivity index (χ1) is 9.15. The Morgan fingerprint density at radius 3 is 2.21 bits per heavy atom. The molecule has 0 unspecified atom stereocenters. The second kappa shape index (κ2) is 6.02. The third kappa shape index (κ3) is 3.82. The van der Waals surface area contributed by atoms with Crippen LogP contribution in [0.1, 0.15) is 6.92 Å². The number of benzene rings is 2. The van der Waals surface area contributed by atoms with E-state index in [-0.39, 0.29) is 5.91 Å². The fraction of sp³-hybridized carbons (Fsp3) is 0.133. The van der Waals surface area contributed by atoms with Crippen molar-refractivity contribution in [2.45, 2.75) is 13.0 Å². The number of nitrogens with one attached hydrogen (secondary N) is 1. The van der Waals surface area contributed by atoms with Crippen LogP contribution in [-0.2, 0) is 4.79 Å². The zero-order valence-electron chi connectivity index (χ0n) is 10.7. The summed E-state index contributed by atoms with van der Waals surface area (Å²) in [4.78, 5) is 11.4. The van der Waals surface area contributed by atoms with Gasteiger partial charge in [0.05, 0.1) is 6.04 Å². The SMILES string of the molecule is C[C@@H](N)C(=O)Nc1ccc(Oc2ccccc2)cc1. The lowest BCUT2D eigenvalue weighted by Gasteiger charge is -2.09. The van der Waals surface area contributed by atoms with Gasteiger partial charge < -0.3 is 15.8 Å². The average molecular weight is 256 g/mol. The lowest BCUT2D eigenvalue weighted by atomic mass is 10.2. The molecule has 0 fully saturated rings. The topological polar surface area (TPSA) is 64.4 Å². The largest absolute Gasteiger partial charge is 0.457 e. The number of ether oxygens (including phenoxy) is 1. The van der Waals surface area contributed by atoms with E-state index >= 15 is 0 Å². The van der Waals surface area contributed by atoms with Crippen LogP contribution in [0.4, 0.5) is 5.69 Å². The maximum atomic E-state index is 11.4. The zero-order chi connectivity index (χ0) is 13.7. The number of amides is 1. The predicted molar refractivity (Wildman–Crippen MR) is 75.2 cm³/mol. The summed E-state index contributed by atoms with van der Waals surface area (Å²) in [7, 11) is 0. The van der Waals surface area contributed by atoms with E-state index in [0.717, 1.165) is 5.75 Å². The monoisotopic (exact) mass is 256 g/mol. The first-order valence-electron chi connectivity index (χ1n) is 6.04. The highest BCUT2D eigenvalue weighted by Gasteiger charge is 2.07. The van der Waals surface area contributed by atoms with Crippen LogP contribution < -0.4 is 15.8 Å². The first-order valence-corrected chi connectivity index (χ1v) is 6.04. The molecule has 0 saturated carbocycles. The third-order valence-corrected chi connectivity index (χ3v) is 2.51. The standard InChI is InChI=1S/C15H16N2O2/c1-11(16)15(18)17-12-7-9-14(10-8-12)19-13-5-3-2-4-6-13/h2-11H,16H2,1H3,(H,17,18)/t11-/m1/s1. The number of carbonyl (C=O) groups is 1. The highest BCUT2D eigenvalue weighted by molar-refractivity contribution is 5.94. The predicted octanol–water partition coefficient (Wildman–Crippen LogP) is 2.76. The Bertz CT molecular complexity index is 536. The number of hydrogen-bond acceptors (Lipinski definition) is 3. The minimum Gasteiger partial charge on any atom is -0.457 e. The molecule has 19 heavy (non-hydrogen) atoms. The number of nitrogens with two attached hydrogens (primary N) is 1. The van der Waals surface area contributed by atoms with Gasteiger partial charge >= 0.3 is 0 Å². The number of carbonyl (C=O) groups excluding carboxylic acids is 1. The zero-order valence-corrected chi connectivity index (χ0v) is 10.7. The van der Waals surface area contributed by atoms with E-state index in [2.05, 4.69) is 5.32 Å². The normalized spacial score (nSPS) is 11.7. The maximum absolute atomic E-state index is 11.4. The molecule has 0 aliphatic heterocycles. The van der Waals surface area contributed by atoms with Crippen LogP contribution in [0.5, 0.6) is 11.5 Å². The molecule has 2 rings (SSSR count). The quantitative estimate of drug-likeness (QED) is 0.884. The van der Waals surface area contributed by atoms with Crippen LogP contribution >= 0.6 is 0 Å². The Labute approximate surface area is 112 Å². The van der Waals surface area contributed by atoms with Crippen LogP contribution in [-0.4, -0.2) is 11.9 Å². The molecule has 1 amide bonds. The van der Waals surface area contributed by atoms with E-state index in [4.69, 9.17) is 10.5 Å². The molecular formula is C15H16N2O2. The van der Waals surface area contributed by atoms with Crippen molar-refractivity contribution in [1.82, 2.24) is 0 Å². The Balaban J connectivity index is 2.01. The molecule has 2 aromatic carbocycles. The van der Waals surface area contributed by atoms with Gasteiger partial charge in [0, 0.05) is 5.69 Å². The van der Waals surface area contributed by atoms with Gasteiger partial charge in [-0.25, -0.2) is 0 Å². The molecule has 2 aromatic rings. The van der Waals surface area contributed by atoms with Gasteiger partial charge in [-0.2, -0.15) is 0 Å². The molecule has 0 bridgehead atoms. The minimum absolute atomic E-state index is 0.211. The van der Waals surface area contributed by atoms with Crippen LogP contribution in [0.15, 0.2) is 54.6 Å². The van der Waals surface area contributed by atoms with Gasteiger partial charge in [-0.15, -0.1) is 0 Å². The summed E-state index contributed by atoms with van der Waals surface area (Å²) < 4.78 is 5.65. The lowest BCUT2D eigenvalue weighted by molar-refractivity contribution is -0.117. The van der Waals surface area contributed by atoms with Crippen LogP contribution in [0, 0.1) is 0 Å². The summed E-state index contributed by atoms with van der Waals surface area (Å²) in [6.07, 6.45) is 0. The molecule has 0 aromatic heterocycles. The smallest absolute Gasteiger partial charge is 0.240 e. The molecule has 1 atom stereocenters. The Morgan fingerprint density at radius 2 is 1.63 bits per heavy atom. The summed E-state index contributed by atoms with van der Waals surface area (Å²) in [5.74, 6) is 1.27. The van der Waals surface area contributed by atoms with Gasteiger partial charge in [0.1, 0.15) is 11.5 Å². The number of hydrogen-bond donors (Lipinski definition) is 2. The first kappa shape index (κ1) is 13.1. The van der Waals surface area contributed by atoms with Crippen molar-refractivity contribution in [3.05, 3.63) is 54.6 Å². The molecule has 0 heterocycles. The maximum Gasteiger partial charge on any atom is 0.240 e. The molecule has 0 aliphatic carbocycles. The summed E-state index contributed by atoms with van der Waals surface area (Å²) in [5.41, 5.74) is 6.18. The molecule has 0 radical (unpaired) electrons. The van der Waals surface area contributed by atoms with E-state index in [1.807, 2.05) is 30.3 Å². The lowest BCUT2D eigenvalue weighted by Crippen LogP contribution is -2.32. The van der Waals surface area contributed by atoms with Crippen LogP contribution in [0.2, 0.25) is 0 Å². The van der Waals surface area contributed by atoms with E-state index in [9.17, 15) is 4.79 Å². The van der Waals surface area contributed by atoms with Gasteiger partial charge in [-0.1, -0.05) is 18.2 Å². The van der Waals surface area contributed by atoms with Gasteiger partial charge in [-0.05, 0) is 43.3 Å². The Hall–Kier alpha value is -2.33. The number of para-hydroxylation sites is 1. The number of rotatable bonds is 4. The number of anilines is 1. The van der Waals surface area contributed by atoms with Gasteiger partial charge in [0.15, 0.2) is 0 Å².